The molecule has 0 bridgehead atoms. The highest BCUT2D eigenvalue weighted by Gasteiger charge is 2.17. The number of thiophene rings is 1. The first-order valence-electron chi connectivity index (χ1n) is 9.42. The Hall–Kier alpha value is -3.51. The average Bonchev–Trinajstić information content (AvgIpc) is 3.37. The third-order valence-corrected chi connectivity index (χ3v) is 5.81. The second kappa shape index (κ2) is 7.48. The number of para-hydroxylation sites is 1. The lowest BCUT2D eigenvalue weighted by Crippen LogP contribution is -2.00. The van der Waals surface area contributed by atoms with Crippen LogP contribution in [-0.2, 0) is 6.54 Å². The molecule has 1 aromatic carbocycles. The Bertz CT molecular complexity index is 1240. The minimum absolute atomic E-state index is 0.606. The van der Waals surface area contributed by atoms with Crippen LogP contribution in [0.5, 0.6) is 0 Å². The SMILES string of the molecule is Cc1cccc(-c2nc(CNc3ccccc3)[nH]c2-c2cc3cnccc3s2)n1. The number of imidazole rings is 1. The third kappa shape index (κ3) is 3.62. The predicted octanol–water partition coefficient (Wildman–Crippen LogP) is 5.67. The lowest BCUT2D eigenvalue weighted by Gasteiger charge is -2.03. The van der Waals surface area contributed by atoms with Crippen LogP contribution in [0, 0.1) is 6.92 Å². The van der Waals surface area contributed by atoms with Gasteiger partial charge in [-0.05, 0) is 43.3 Å². The number of hydrogen-bond acceptors (Lipinski definition) is 5. The van der Waals surface area contributed by atoms with Crippen molar-refractivity contribution in [3.8, 4) is 22.0 Å². The molecular formula is C23H19N5S. The number of nitrogens with one attached hydrogen (secondary N) is 2. The fourth-order valence-electron chi connectivity index (χ4n) is 3.29. The number of rotatable bonds is 5. The predicted molar refractivity (Wildman–Crippen MR) is 119 cm³/mol. The smallest absolute Gasteiger partial charge is 0.126 e. The number of fused-ring (bicyclic) bond motifs is 1. The number of hydrogen-bond donors (Lipinski definition) is 2. The molecule has 0 amide bonds. The first-order valence-corrected chi connectivity index (χ1v) is 10.2. The van der Waals surface area contributed by atoms with Crippen LogP contribution >= 0.6 is 11.3 Å². The van der Waals surface area contributed by atoms with Gasteiger partial charge in [-0.2, -0.15) is 0 Å². The highest BCUT2D eigenvalue weighted by Crippen LogP contribution is 2.37. The summed E-state index contributed by atoms with van der Waals surface area (Å²) in [6.45, 7) is 2.61. The summed E-state index contributed by atoms with van der Waals surface area (Å²) in [5, 5.41) is 4.56. The van der Waals surface area contributed by atoms with Gasteiger partial charge in [0, 0.05) is 33.9 Å². The summed E-state index contributed by atoms with van der Waals surface area (Å²) in [4.78, 5) is 18.5. The normalized spacial score (nSPS) is 11.1. The van der Waals surface area contributed by atoms with Gasteiger partial charge in [-0.25, -0.2) is 4.98 Å². The molecule has 0 aliphatic rings. The first kappa shape index (κ1) is 17.6. The molecule has 5 aromatic rings. The maximum atomic E-state index is 4.89. The van der Waals surface area contributed by atoms with Crippen molar-refractivity contribution in [3.63, 3.8) is 0 Å². The fraction of sp³-hybridized carbons (Fsp3) is 0.0870. The lowest BCUT2D eigenvalue weighted by atomic mass is 10.2. The summed E-state index contributed by atoms with van der Waals surface area (Å²) in [6.07, 6.45) is 3.72. The van der Waals surface area contributed by atoms with Gasteiger partial charge >= 0.3 is 0 Å². The van der Waals surface area contributed by atoms with Crippen LogP contribution in [-0.4, -0.2) is 19.9 Å². The largest absolute Gasteiger partial charge is 0.378 e. The van der Waals surface area contributed by atoms with Crippen molar-refractivity contribution < 1.29 is 0 Å². The van der Waals surface area contributed by atoms with Gasteiger partial charge in [0.25, 0.3) is 0 Å². The molecule has 5 rings (SSSR count). The van der Waals surface area contributed by atoms with E-state index in [1.807, 2.05) is 73.9 Å². The second-order valence-electron chi connectivity index (χ2n) is 6.82. The van der Waals surface area contributed by atoms with E-state index in [1.165, 1.54) is 4.70 Å². The molecule has 0 saturated heterocycles. The number of nitrogens with zero attached hydrogens (tertiary/aromatic N) is 3. The van der Waals surface area contributed by atoms with Crippen LogP contribution in [0.4, 0.5) is 5.69 Å². The number of H-pyrrole nitrogens is 1. The first-order chi connectivity index (χ1) is 14.3. The Morgan fingerprint density at radius 2 is 1.90 bits per heavy atom. The fourth-order valence-corrected chi connectivity index (χ4v) is 4.32. The number of aromatic amines is 1. The van der Waals surface area contributed by atoms with Crippen molar-refractivity contribution in [2.45, 2.75) is 13.5 Å². The highest BCUT2D eigenvalue weighted by molar-refractivity contribution is 7.22. The van der Waals surface area contributed by atoms with E-state index in [0.29, 0.717) is 6.54 Å². The van der Waals surface area contributed by atoms with Gasteiger partial charge in [0.05, 0.1) is 22.8 Å². The maximum absolute atomic E-state index is 4.89. The van der Waals surface area contributed by atoms with Crippen molar-refractivity contribution in [2.24, 2.45) is 0 Å². The van der Waals surface area contributed by atoms with Gasteiger partial charge in [0.1, 0.15) is 11.5 Å². The van der Waals surface area contributed by atoms with Crippen LogP contribution in [0.3, 0.4) is 0 Å². The van der Waals surface area contributed by atoms with Gasteiger partial charge in [0.15, 0.2) is 0 Å². The zero-order valence-corrected chi connectivity index (χ0v) is 16.7. The summed E-state index contributed by atoms with van der Waals surface area (Å²) in [7, 11) is 0. The quantitative estimate of drug-likeness (QED) is 0.401. The molecule has 0 aliphatic heterocycles. The molecule has 2 N–H and O–H groups in total. The maximum Gasteiger partial charge on any atom is 0.126 e. The van der Waals surface area contributed by atoms with E-state index in [4.69, 9.17) is 9.97 Å². The van der Waals surface area contributed by atoms with Crippen molar-refractivity contribution >= 4 is 27.1 Å². The van der Waals surface area contributed by atoms with Crippen LogP contribution in [0.15, 0.2) is 73.1 Å². The Morgan fingerprint density at radius 1 is 1.00 bits per heavy atom. The molecule has 4 heterocycles. The summed E-state index contributed by atoms with van der Waals surface area (Å²) in [5.74, 6) is 0.873. The Labute approximate surface area is 172 Å². The lowest BCUT2D eigenvalue weighted by molar-refractivity contribution is 1.00. The van der Waals surface area contributed by atoms with E-state index in [9.17, 15) is 0 Å². The van der Waals surface area contributed by atoms with Gasteiger partial charge in [-0.3, -0.25) is 9.97 Å². The second-order valence-corrected chi connectivity index (χ2v) is 7.90. The van der Waals surface area contributed by atoms with Crippen molar-refractivity contribution in [1.82, 2.24) is 19.9 Å². The zero-order chi connectivity index (χ0) is 19.6. The van der Waals surface area contributed by atoms with E-state index in [-0.39, 0.29) is 0 Å². The van der Waals surface area contributed by atoms with E-state index in [1.54, 1.807) is 11.3 Å². The van der Waals surface area contributed by atoms with E-state index >= 15 is 0 Å². The molecule has 0 atom stereocenters. The van der Waals surface area contributed by atoms with Gasteiger partial charge in [-0.15, -0.1) is 11.3 Å². The van der Waals surface area contributed by atoms with Crippen molar-refractivity contribution in [3.05, 3.63) is 84.6 Å². The molecule has 4 aromatic heterocycles. The van der Waals surface area contributed by atoms with Crippen LogP contribution in [0.2, 0.25) is 0 Å². The van der Waals surface area contributed by atoms with Gasteiger partial charge in [-0.1, -0.05) is 24.3 Å². The molecule has 142 valence electrons. The number of aromatic nitrogens is 4. The summed E-state index contributed by atoms with van der Waals surface area (Å²) >= 11 is 1.73. The van der Waals surface area contributed by atoms with Gasteiger partial charge < -0.3 is 10.3 Å². The summed E-state index contributed by atoms with van der Waals surface area (Å²) in [5.41, 5.74) is 4.78. The molecule has 0 spiro atoms. The minimum atomic E-state index is 0.606. The number of aryl methyl sites for hydroxylation is 1. The Kier molecular flexibility index (Phi) is 4.54. The van der Waals surface area contributed by atoms with E-state index < -0.39 is 0 Å². The monoisotopic (exact) mass is 397 g/mol. The molecule has 0 aliphatic carbocycles. The number of benzene rings is 1. The third-order valence-electron chi connectivity index (χ3n) is 4.68. The minimum Gasteiger partial charge on any atom is -0.378 e. The van der Waals surface area contributed by atoms with E-state index in [0.717, 1.165) is 44.6 Å². The molecule has 6 heteroatoms. The Morgan fingerprint density at radius 3 is 2.72 bits per heavy atom. The van der Waals surface area contributed by atoms with Crippen LogP contribution in [0.25, 0.3) is 32.0 Å². The van der Waals surface area contributed by atoms with Crippen LogP contribution < -0.4 is 5.32 Å². The standard InChI is InChI=1S/C23H19N5S/c1-15-6-5-9-18(26-15)22-23(20-12-16-13-24-11-10-19(16)29-20)28-21(27-22)14-25-17-7-3-2-4-8-17/h2-13,25H,14H2,1H3,(H,27,28). The molecule has 0 fully saturated rings. The topological polar surface area (TPSA) is 66.5 Å². The molecule has 5 nitrogen and oxygen atoms in total. The summed E-state index contributed by atoms with van der Waals surface area (Å²) in [6, 6.07) is 20.4. The molecular weight excluding hydrogens is 378 g/mol. The van der Waals surface area contributed by atoms with Crippen molar-refractivity contribution in [2.75, 3.05) is 5.32 Å². The van der Waals surface area contributed by atoms with E-state index in [2.05, 4.69) is 21.4 Å². The highest BCUT2D eigenvalue weighted by atomic mass is 32.1. The van der Waals surface area contributed by atoms with Crippen LogP contribution in [0.1, 0.15) is 11.5 Å². The molecule has 0 saturated carbocycles. The molecule has 0 radical (unpaired) electrons. The average molecular weight is 398 g/mol. The van der Waals surface area contributed by atoms with Crippen molar-refractivity contribution in [1.29, 1.82) is 0 Å². The molecule has 0 unspecified atom stereocenters. The molecule has 29 heavy (non-hydrogen) atoms. The number of pyridine rings is 2. The Balaban J connectivity index is 1.56. The number of anilines is 1. The van der Waals surface area contributed by atoms with Gasteiger partial charge in [0.2, 0.25) is 0 Å². The summed E-state index contributed by atoms with van der Waals surface area (Å²) < 4.78 is 1.21. The zero-order valence-electron chi connectivity index (χ0n) is 15.9.